The first-order valence-corrected chi connectivity index (χ1v) is 11.7. The Balaban J connectivity index is 1.90. The fourth-order valence-corrected chi connectivity index (χ4v) is 4.49. The number of benzene rings is 2. The normalized spacial score (nSPS) is 14.9. The number of nitrogens with zero attached hydrogens (tertiary/aromatic N) is 2. The van der Waals surface area contributed by atoms with E-state index < -0.39 is 0 Å². The first kappa shape index (κ1) is 23.8. The van der Waals surface area contributed by atoms with E-state index in [-0.39, 0.29) is 29.7 Å². The van der Waals surface area contributed by atoms with Crippen LogP contribution >= 0.6 is 0 Å². The summed E-state index contributed by atoms with van der Waals surface area (Å²) in [5, 5.41) is 3.12. The zero-order chi connectivity index (χ0) is 23.3. The van der Waals surface area contributed by atoms with Crippen molar-refractivity contribution in [2.24, 2.45) is 11.8 Å². The van der Waals surface area contributed by atoms with Gasteiger partial charge in [-0.15, -0.1) is 0 Å². The molecule has 0 heterocycles. The summed E-state index contributed by atoms with van der Waals surface area (Å²) in [5.74, 6) is 0.239. The zero-order valence-corrected chi connectivity index (χ0v) is 20.1. The van der Waals surface area contributed by atoms with Crippen molar-refractivity contribution in [2.75, 3.05) is 24.3 Å². The average molecular weight is 436 g/mol. The lowest BCUT2D eigenvalue weighted by Gasteiger charge is -2.33. The second kappa shape index (κ2) is 10.7. The van der Waals surface area contributed by atoms with Gasteiger partial charge in [-0.2, -0.15) is 0 Å². The van der Waals surface area contributed by atoms with Crippen LogP contribution in [0, 0.1) is 11.8 Å². The van der Waals surface area contributed by atoms with Gasteiger partial charge in [-0.3, -0.25) is 9.59 Å². The minimum atomic E-state index is -0.103. The van der Waals surface area contributed by atoms with Crippen LogP contribution in [0.3, 0.4) is 0 Å². The molecular weight excluding hydrogens is 398 g/mol. The molecule has 0 bridgehead atoms. The fourth-order valence-electron chi connectivity index (χ4n) is 4.49. The highest BCUT2D eigenvalue weighted by molar-refractivity contribution is 5.93. The van der Waals surface area contributed by atoms with E-state index in [2.05, 4.69) is 29.3 Å². The third-order valence-electron chi connectivity index (χ3n) is 6.42. The smallest absolute Gasteiger partial charge is 0.227 e. The van der Waals surface area contributed by atoms with Crippen LogP contribution in [-0.4, -0.2) is 30.8 Å². The van der Waals surface area contributed by atoms with E-state index in [0.717, 1.165) is 48.2 Å². The van der Waals surface area contributed by atoms with Crippen molar-refractivity contribution in [1.29, 1.82) is 0 Å². The fraction of sp³-hybridized carbons (Fsp3) is 0.481. The molecule has 1 atom stereocenters. The van der Waals surface area contributed by atoms with Crippen LogP contribution in [-0.2, 0) is 16.1 Å². The van der Waals surface area contributed by atoms with Gasteiger partial charge in [0, 0.05) is 43.9 Å². The van der Waals surface area contributed by atoms with E-state index in [1.54, 1.807) is 0 Å². The van der Waals surface area contributed by atoms with E-state index >= 15 is 0 Å². The van der Waals surface area contributed by atoms with Crippen LogP contribution in [0.1, 0.15) is 63.6 Å². The van der Waals surface area contributed by atoms with Gasteiger partial charge in [-0.1, -0.05) is 57.0 Å². The standard InChI is InChI=1S/C27H37N3O2/c1-19(2)27(32)30(20(3)21-11-7-6-8-12-21)18-23-17-24(15-16-25(23)29(4)5)28-26(31)22-13-9-10-14-22/h6-8,11-12,15-17,19-20,22H,9-10,13-14,18H2,1-5H3,(H,28,31)/t20-/m0/s1. The molecule has 0 saturated heterocycles. The lowest BCUT2D eigenvalue weighted by atomic mass is 10.0. The highest BCUT2D eigenvalue weighted by atomic mass is 16.2. The van der Waals surface area contributed by atoms with Gasteiger partial charge in [0.25, 0.3) is 0 Å². The first-order chi connectivity index (χ1) is 15.3. The molecule has 172 valence electrons. The number of hydrogen-bond donors (Lipinski definition) is 1. The van der Waals surface area contributed by atoms with Crippen molar-refractivity contribution in [2.45, 2.75) is 59.0 Å². The minimum absolute atomic E-state index is 0.0575. The van der Waals surface area contributed by atoms with E-state index in [9.17, 15) is 9.59 Å². The molecule has 0 aromatic heterocycles. The molecule has 0 unspecified atom stereocenters. The third-order valence-corrected chi connectivity index (χ3v) is 6.42. The van der Waals surface area contributed by atoms with E-state index in [1.165, 1.54) is 0 Å². The predicted molar refractivity (Wildman–Crippen MR) is 132 cm³/mol. The molecule has 32 heavy (non-hydrogen) atoms. The summed E-state index contributed by atoms with van der Waals surface area (Å²) >= 11 is 0. The molecule has 2 aromatic carbocycles. The van der Waals surface area contributed by atoms with Crippen molar-refractivity contribution < 1.29 is 9.59 Å². The van der Waals surface area contributed by atoms with Gasteiger partial charge < -0.3 is 15.1 Å². The highest BCUT2D eigenvalue weighted by Crippen LogP contribution is 2.31. The number of rotatable bonds is 8. The van der Waals surface area contributed by atoms with Gasteiger partial charge in [0.15, 0.2) is 0 Å². The van der Waals surface area contributed by atoms with Gasteiger partial charge in [0.05, 0.1) is 6.04 Å². The average Bonchev–Trinajstić information content (AvgIpc) is 3.32. The molecule has 3 rings (SSSR count). The molecule has 1 fully saturated rings. The molecule has 5 heteroatoms. The number of nitrogens with one attached hydrogen (secondary N) is 1. The Bertz CT molecular complexity index is 918. The Morgan fingerprint density at radius 1 is 1.00 bits per heavy atom. The summed E-state index contributed by atoms with van der Waals surface area (Å²) in [6.07, 6.45) is 4.21. The Morgan fingerprint density at radius 2 is 1.66 bits per heavy atom. The largest absolute Gasteiger partial charge is 0.377 e. The molecule has 1 saturated carbocycles. The monoisotopic (exact) mass is 435 g/mol. The van der Waals surface area contributed by atoms with Gasteiger partial charge in [-0.25, -0.2) is 0 Å². The van der Waals surface area contributed by atoms with Crippen molar-refractivity contribution in [3.05, 3.63) is 59.7 Å². The van der Waals surface area contributed by atoms with Crippen LogP contribution in [0.25, 0.3) is 0 Å². The first-order valence-electron chi connectivity index (χ1n) is 11.7. The van der Waals surface area contributed by atoms with Gasteiger partial charge >= 0.3 is 0 Å². The van der Waals surface area contributed by atoms with E-state index in [1.807, 2.05) is 69.2 Å². The quantitative estimate of drug-likeness (QED) is 0.585. The molecule has 1 N–H and O–H groups in total. The van der Waals surface area contributed by atoms with Crippen molar-refractivity contribution in [3.63, 3.8) is 0 Å². The summed E-state index contributed by atoms with van der Waals surface area (Å²) in [5.41, 5.74) is 3.98. The van der Waals surface area contributed by atoms with Gasteiger partial charge in [0.2, 0.25) is 11.8 Å². The predicted octanol–water partition coefficient (Wildman–Crippen LogP) is 5.63. The molecule has 0 aliphatic heterocycles. The van der Waals surface area contributed by atoms with Crippen molar-refractivity contribution >= 4 is 23.2 Å². The van der Waals surface area contributed by atoms with E-state index in [0.29, 0.717) is 6.54 Å². The van der Waals surface area contributed by atoms with Crippen LogP contribution in [0.2, 0.25) is 0 Å². The Labute approximate surface area is 192 Å². The topological polar surface area (TPSA) is 52.7 Å². The van der Waals surface area contributed by atoms with Crippen LogP contribution in [0.4, 0.5) is 11.4 Å². The lowest BCUT2D eigenvalue weighted by molar-refractivity contribution is -0.137. The summed E-state index contributed by atoms with van der Waals surface area (Å²) in [6.45, 7) is 6.45. The Hall–Kier alpha value is -2.82. The second-order valence-corrected chi connectivity index (χ2v) is 9.42. The molecule has 0 radical (unpaired) electrons. The number of anilines is 2. The number of hydrogen-bond acceptors (Lipinski definition) is 3. The second-order valence-electron chi connectivity index (χ2n) is 9.42. The number of amides is 2. The molecular formula is C27H37N3O2. The summed E-state index contributed by atoms with van der Waals surface area (Å²) < 4.78 is 0. The summed E-state index contributed by atoms with van der Waals surface area (Å²) in [4.78, 5) is 29.9. The van der Waals surface area contributed by atoms with Crippen LogP contribution in [0.5, 0.6) is 0 Å². The Morgan fingerprint density at radius 3 is 2.25 bits per heavy atom. The van der Waals surface area contributed by atoms with Crippen LogP contribution in [0.15, 0.2) is 48.5 Å². The molecule has 1 aliphatic rings. The van der Waals surface area contributed by atoms with Gasteiger partial charge in [-0.05, 0) is 49.1 Å². The summed E-state index contributed by atoms with van der Waals surface area (Å²) in [6, 6.07) is 16.1. The maximum absolute atomic E-state index is 13.2. The SMILES string of the molecule is CC(C)C(=O)N(Cc1cc(NC(=O)C2CCCC2)ccc1N(C)C)[C@@H](C)c1ccccc1. The summed E-state index contributed by atoms with van der Waals surface area (Å²) in [7, 11) is 4.01. The van der Waals surface area contributed by atoms with Gasteiger partial charge in [0.1, 0.15) is 0 Å². The van der Waals surface area contributed by atoms with Crippen molar-refractivity contribution in [1.82, 2.24) is 4.90 Å². The minimum Gasteiger partial charge on any atom is -0.377 e. The molecule has 5 nitrogen and oxygen atoms in total. The van der Waals surface area contributed by atoms with Crippen molar-refractivity contribution in [3.8, 4) is 0 Å². The number of carbonyl (C=O) groups is 2. The highest BCUT2D eigenvalue weighted by Gasteiger charge is 2.26. The Kier molecular flexibility index (Phi) is 7.94. The van der Waals surface area contributed by atoms with Crippen LogP contribution < -0.4 is 10.2 Å². The molecule has 2 amide bonds. The lowest BCUT2D eigenvalue weighted by Crippen LogP contribution is -2.36. The van der Waals surface area contributed by atoms with E-state index in [4.69, 9.17) is 0 Å². The molecule has 2 aromatic rings. The number of carbonyl (C=O) groups excluding carboxylic acids is 2. The third kappa shape index (κ3) is 5.70. The zero-order valence-electron chi connectivity index (χ0n) is 20.1. The molecule has 1 aliphatic carbocycles. The maximum atomic E-state index is 13.2. The molecule has 0 spiro atoms. The maximum Gasteiger partial charge on any atom is 0.227 e.